The topological polar surface area (TPSA) is 21.3 Å². The highest BCUT2D eigenvalue weighted by Crippen LogP contribution is 2.27. The Morgan fingerprint density at radius 2 is 1.86 bits per heavy atom. The average Bonchev–Trinajstić information content (AvgIpc) is 2.45. The lowest BCUT2D eigenvalue weighted by molar-refractivity contribution is 0.479. The number of ether oxygens (including phenoxy) is 1. The first-order valence-electron chi connectivity index (χ1n) is 7.03. The lowest BCUT2D eigenvalue weighted by Crippen LogP contribution is -2.14. The quantitative estimate of drug-likeness (QED) is 0.723. The van der Waals surface area contributed by atoms with Gasteiger partial charge >= 0.3 is 0 Å². The van der Waals surface area contributed by atoms with Gasteiger partial charge in [-0.15, -0.1) is 0 Å². The van der Waals surface area contributed by atoms with E-state index in [9.17, 15) is 4.39 Å². The van der Waals surface area contributed by atoms with Gasteiger partial charge in [0.25, 0.3) is 0 Å². The third-order valence-corrected chi connectivity index (χ3v) is 3.79. The van der Waals surface area contributed by atoms with Crippen molar-refractivity contribution in [3.8, 4) is 11.5 Å². The van der Waals surface area contributed by atoms with Crippen LogP contribution in [0.3, 0.4) is 0 Å². The summed E-state index contributed by atoms with van der Waals surface area (Å²) in [6.07, 6.45) is 1.12. The monoisotopic (exact) mass is 351 g/mol. The first-order valence-corrected chi connectivity index (χ1v) is 7.82. The van der Waals surface area contributed by atoms with Gasteiger partial charge in [0.15, 0.2) is 0 Å². The zero-order chi connectivity index (χ0) is 15.2. The Bertz CT molecular complexity index is 616. The van der Waals surface area contributed by atoms with Gasteiger partial charge in [0.05, 0.1) is 4.47 Å². The molecule has 0 saturated carbocycles. The zero-order valence-electron chi connectivity index (χ0n) is 12.2. The number of halogens is 2. The highest BCUT2D eigenvalue weighted by molar-refractivity contribution is 9.10. The largest absolute Gasteiger partial charge is 0.457 e. The molecule has 0 saturated heterocycles. The van der Waals surface area contributed by atoms with Crippen molar-refractivity contribution in [2.45, 2.75) is 26.8 Å². The molecular weight excluding hydrogens is 333 g/mol. The van der Waals surface area contributed by atoms with Crippen molar-refractivity contribution < 1.29 is 9.13 Å². The standard InChI is InChI=1S/C17H19BrFNO/c1-3-8-20-11-13-4-5-14(9-12(13)2)21-15-6-7-17(19)16(18)10-15/h4-7,9-10,20H,3,8,11H2,1-2H3. The molecular formula is C17H19BrFNO. The van der Waals surface area contributed by atoms with Crippen LogP contribution in [0.15, 0.2) is 40.9 Å². The van der Waals surface area contributed by atoms with E-state index in [0.717, 1.165) is 25.3 Å². The van der Waals surface area contributed by atoms with E-state index >= 15 is 0 Å². The van der Waals surface area contributed by atoms with E-state index < -0.39 is 0 Å². The van der Waals surface area contributed by atoms with E-state index in [1.54, 1.807) is 12.1 Å². The minimum atomic E-state index is -0.295. The van der Waals surface area contributed by atoms with Gasteiger partial charge in [0.2, 0.25) is 0 Å². The van der Waals surface area contributed by atoms with Crippen LogP contribution in [0, 0.1) is 12.7 Å². The van der Waals surface area contributed by atoms with Crippen molar-refractivity contribution in [3.05, 3.63) is 57.8 Å². The van der Waals surface area contributed by atoms with E-state index in [1.165, 1.54) is 17.2 Å². The Balaban J connectivity index is 2.07. The number of aryl methyl sites for hydroxylation is 1. The molecule has 1 N–H and O–H groups in total. The van der Waals surface area contributed by atoms with Crippen LogP contribution in [0.5, 0.6) is 11.5 Å². The Morgan fingerprint density at radius 1 is 1.14 bits per heavy atom. The predicted octanol–water partition coefficient (Wildman–Crippen LogP) is 5.19. The fourth-order valence-corrected chi connectivity index (χ4v) is 2.36. The summed E-state index contributed by atoms with van der Waals surface area (Å²) in [5.41, 5.74) is 2.44. The number of hydrogen-bond acceptors (Lipinski definition) is 2. The normalized spacial score (nSPS) is 10.7. The summed E-state index contributed by atoms with van der Waals surface area (Å²) >= 11 is 3.16. The molecule has 2 nitrogen and oxygen atoms in total. The Labute approximate surface area is 133 Å². The second kappa shape index (κ2) is 7.57. The number of nitrogens with one attached hydrogen (secondary N) is 1. The summed E-state index contributed by atoms with van der Waals surface area (Å²) in [4.78, 5) is 0. The van der Waals surface area contributed by atoms with Crippen LogP contribution in [0.4, 0.5) is 4.39 Å². The van der Waals surface area contributed by atoms with Crippen molar-refractivity contribution in [2.24, 2.45) is 0 Å². The molecule has 0 heterocycles. The van der Waals surface area contributed by atoms with E-state index in [4.69, 9.17) is 4.74 Å². The summed E-state index contributed by atoms with van der Waals surface area (Å²) < 4.78 is 19.4. The van der Waals surface area contributed by atoms with Crippen LogP contribution >= 0.6 is 15.9 Å². The molecule has 0 spiro atoms. The molecule has 4 heteroatoms. The summed E-state index contributed by atoms with van der Waals surface area (Å²) in [6, 6.07) is 10.6. The number of benzene rings is 2. The molecule has 0 aliphatic heterocycles. The third-order valence-electron chi connectivity index (χ3n) is 3.18. The van der Waals surface area contributed by atoms with Crippen LogP contribution in [0.1, 0.15) is 24.5 Å². The summed E-state index contributed by atoms with van der Waals surface area (Å²) in [5.74, 6) is 1.07. The Morgan fingerprint density at radius 3 is 2.52 bits per heavy atom. The van der Waals surface area contributed by atoms with Gasteiger partial charge in [-0.25, -0.2) is 4.39 Å². The average molecular weight is 352 g/mol. The lowest BCUT2D eigenvalue weighted by atomic mass is 10.1. The van der Waals surface area contributed by atoms with Crippen LogP contribution in [0.2, 0.25) is 0 Å². The molecule has 0 aliphatic rings. The van der Waals surface area contributed by atoms with Crippen molar-refractivity contribution in [1.82, 2.24) is 5.32 Å². The highest BCUT2D eigenvalue weighted by Gasteiger charge is 2.05. The first-order chi connectivity index (χ1) is 10.1. The fraction of sp³-hybridized carbons (Fsp3) is 0.294. The molecule has 2 aromatic rings. The van der Waals surface area contributed by atoms with Crippen LogP contribution in [-0.4, -0.2) is 6.54 Å². The summed E-state index contributed by atoms with van der Waals surface area (Å²) in [7, 11) is 0. The first kappa shape index (κ1) is 16.0. The molecule has 2 aromatic carbocycles. The van der Waals surface area contributed by atoms with Gasteiger partial charge in [-0.1, -0.05) is 13.0 Å². The maximum absolute atomic E-state index is 13.2. The third kappa shape index (κ3) is 4.55. The van der Waals surface area contributed by atoms with Gasteiger partial charge in [0, 0.05) is 6.54 Å². The van der Waals surface area contributed by atoms with Crippen LogP contribution < -0.4 is 10.1 Å². The van der Waals surface area contributed by atoms with E-state index in [2.05, 4.69) is 41.2 Å². The summed E-state index contributed by atoms with van der Waals surface area (Å²) in [5, 5.41) is 3.39. The smallest absolute Gasteiger partial charge is 0.137 e. The molecule has 0 aromatic heterocycles. The van der Waals surface area contributed by atoms with Crippen LogP contribution in [0.25, 0.3) is 0 Å². The van der Waals surface area contributed by atoms with Gasteiger partial charge in [0.1, 0.15) is 17.3 Å². The molecule has 0 radical (unpaired) electrons. The van der Waals surface area contributed by atoms with Crippen molar-refractivity contribution in [3.63, 3.8) is 0 Å². The molecule has 0 amide bonds. The molecule has 0 atom stereocenters. The highest BCUT2D eigenvalue weighted by atomic mass is 79.9. The molecule has 0 unspecified atom stereocenters. The van der Waals surface area contributed by atoms with Gasteiger partial charge in [-0.05, 0) is 77.3 Å². The van der Waals surface area contributed by atoms with Crippen molar-refractivity contribution in [1.29, 1.82) is 0 Å². The molecule has 0 bridgehead atoms. The zero-order valence-corrected chi connectivity index (χ0v) is 13.8. The minimum absolute atomic E-state index is 0.295. The van der Waals surface area contributed by atoms with Crippen LogP contribution in [-0.2, 0) is 6.54 Å². The van der Waals surface area contributed by atoms with Crippen molar-refractivity contribution >= 4 is 15.9 Å². The molecule has 2 rings (SSSR count). The van der Waals surface area contributed by atoms with Gasteiger partial charge < -0.3 is 10.1 Å². The Hall–Kier alpha value is -1.39. The van der Waals surface area contributed by atoms with E-state index in [-0.39, 0.29) is 5.82 Å². The minimum Gasteiger partial charge on any atom is -0.457 e. The van der Waals surface area contributed by atoms with Crippen molar-refractivity contribution in [2.75, 3.05) is 6.54 Å². The summed E-state index contributed by atoms with van der Waals surface area (Å²) in [6.45, 7) is 6.09. The Kier molecular flexibility index (Phi) is 5.76. The molecule has 0 fully saturated rings. The fourth-order valence-electron chi connectivity index (χ4n) is 2.01. The van der Waals surface area contributed by atoms with E-state index in [1.807, 2.05) is 12.1 Å². The lowest BCUT2D eigenvalue weighted by Gasteiger charge is -2.11. The second-order valence-corrected chi connectivity index (χ2v) is 5.80. The molecule has 112 valence electrons. The predicted molar refractivity (Wildman–Crippen MR) is 87.4 cm³/mol. The van der Waals surface area contributed by atoms with Gasteiger partial charge in [-0.3, -0.25) is 0 Å². The maximum atomic E-state index is 13.2. The SMILES string of the molecule is CCCNCc1ccc(Oc2ccc(F)c(Br)c2)cc1C. The van der Waals surface area contributed by atoms with E-state index in [0.29, 0.717) is 10.2 Å². The number of hydrogen-bond donors (Lipinski definition) is 1. The molecule has 0 aliphatic carbocycles. The van der Waals surface area contributed by atoms with Gasteiger partial charge in [-0.2, -0.15) is 0 Å². The second-order valence-electron chi connectivity index (χ2n) is 4.94. The maximum Gasteiger partial charge on any atom is 0.137 e. The number of rotatable bonds is 6. The molecule has 21 heavy (non-hydrogen) atoms.